The van der Waals surface area contributed by atoms with E-state index in [2.05, 4.69) is 9.64 Å². The number of amides is 1. The zero-order valence-electron chi connectivity index (χ0n) is 12.2. The van der Waals surface area contributed by atoms with Crippen LogP contribution in [0.5, 0.6) is 0 Å². The number of hydrogen-bond donors (Lipinski definition) is 0. The number of nitrogens with zero attached hydrogens (tertiary/aromatic N) is 2. The molecule has 0 aromatic carbocycles. The third-order valence-corrected chi connectivity index (χ3v) is 5.52. The highest BCUT2D eigenvalue weighted by atomic mass is 32.2. The zero-order valence-corrected chi connectivity index (χ0v) is 13.0. The van der Waals surface area contributed by atoms with Gasteiger partial charge in [-0.25, -0.2) is 8.42 Å². The number of hydrogen-bond acceptors (Lipinski definition) is 6. The average molecular weight is 306 g/mol. The maximum atomic E-state index is 12.0. The van der Waals surface area contributed by atoms with Crippen LogP contribution >= 0.6 is 0 Å². The van der Waals surface area contributed by atoms with E-state index < -0.39 is 32.7 Å². The van der Waals surface area contributed by atoms with Crippen molar-refractivity contribution in [3.05, 3.63) is 0 Å². The Bertz CT molecular complexity index is 454. The molecule has 7 nitrogen and oxygen atoms in total. The SMILES string of the molecule is COC(=O)CC(C)S(=O)(=O)CC(=O)N1CCN(C)CC1. The number of esters is 1. The minimum absolute atomic E-state index is 0.227. The van der Waals surface area contributed by atoms with Crippen LogP contribution in [0, 0.1) is 0 Å². The summed E-state index contributed by atoms with van der Waals surface area (Å²) in [6, 6.07) is 0. The summed E-state index contributed by atoms with van der Waals surface area (Å²) in [6.07, 6.45) is -0.227. The standard InChI is InChI=1S/C12H22N2O5S/c1-10(8-12(16)19-3)20(17,18)9-11(15)14-6-4-13(2)5-7-14/h10H,4-9H2,1-3H3. The summed E-state index contributed by atoms with van der Waals surface area (Å²) in [4.78, 5) is 26.7. The van der Waals surface area contributed by atoms with Crippen LogP contribution in [0.15, 0.2) is 0 Å². The summed E-state index contributed by atoms with van der Waals surface area (Å²) < 4.78 is 28.5. The lowest BCUT2D eigenvalue weighted by Gasteiger charge is -2.32. The van der Waals surface area contributed by atoms with Crippen LogP contribution in [-0.2, 0) is 24.2 Å². The Morgan fingerprint density at radius 2 is 1.75 bits per heavy atom. The van der Waals surface area contributed by atoms with Crippen LogP contribution in [-0.4, -0.2) is 81.4 Å². The van der Waals surface area contributed by atoms with E-state index >= 15 is 0 Å². The highest BCUT2D eigenvalue weighted by Gasteiger charge is 2.29. The summed E-state index contributed by atoms with van der Waals surface area (Å²) in [5.41, 5.74) is 0. The molecule has 0 bridgehead atoms. The first kappa shape index (κ1) is 16.9. The van der Waals surface area contributed by atoms with E-state index in [1.807, 2.05) is 7.05 Å². The second kappa shape index (κ2) is 7.03. The number of carbonyl (C=O) groups excluding carboxylic acids is 2. The van der Waals surface area contributed by atoms with E-state index in [1.54, 1.807) is 4.90 Å². The molecule has 20 heavy (non-hydrogen) atoms. The number of methoxy groups -OCH3 is 1. The number of sulfone groups is 1. The molecular formula is C12H22N2O5S. The molecule has 1 rings (SSSR count). The average Bonchev–Trinajstić information content (AvgIpc) is 2.38. The van der Waals surface area contributed by atoms with Crippen molar-refractivity contribution in [1.29, 1.82) is 0 Å². The smallest absolute Gasteiger partial charge is 0.306 e. The van der Waals surface area contributed by atoms with Gasteiger partial charge >= 0.3 is 5.97 Å². The molecule has 0 radical (unpaired) electrons. The molecular weight excluding hydrogens is 284 g/mol. The van der Waals surface area contributed by atoms with Crippen molar-refractivity contribution in [1.82, 2.24) is 9.80 Å². The van der Waals surface area contributed by atoms with Gasteiger partial charge in [-0.1, -0.05) is 0 Å². The molecule has 0 N–H and O–H groups in total. The molecule has 1 aliphatic heterocycles. The summed E-state index contributed by atoms with van der Waals surface area (Å²) in [6.45, 7) is 3.98. The van der Waals surface area contributed by atoms with Crippen molar-refractivity contribution in [2.75, 3.05) is 46.1 Å². The second-order valence-electron chi connectivity index (χ2n) is 5.08. The van der Waals surface area contributed by atoms with Gasteiger partial charge in [0.05, 0.1) is 18.8 Å². The van der Waals surface area contributed by atoms with Gasteiger partial charge in [-0.15, -0.1) is 0 Å². The monoisotopic (exact) mass is 306 g/mol. The lowest BCUT2D eigenvalue weighted by Crippen LogP contribution is -2.49. The third kappa shape index (κ3) is 4.75. The topological polar surface area (TPSA) is 84.0 Å². The summed E-state index contributed by atoms with van der Waals surface area (Å²) in [7, 11) is -0.472. The highest BCUT2D eigenvalue weighted by Crippen LogP contribution is 2.10. The van der Waals surface area contributed by atoms with E-state index in [0.29, 0.717) is 13.1 Å². The van der Waals surface area contributed by atoms with Gasteiger partial charge in [0.2, 0.25) is 5.91 Å². The van der Waals surface area contributed by atoms with Gasteiger partial charge in [0.15, 0.2) is 9.84 Å². The van der Waals surface area contributed by atoms with E-state index in [4.69, 9.17) is 0 Å². The fourth-order valence-electron chi connectivity index (χ4n) is 1.91. The van der Waals surface area contributed by atoms with Gasteiger partial charge in [-0.05, 0) is 14.0 Å². The first-order chi connectivity index (χ1) is 9.26. The molecule has 0 saturated carbocycles. The first-order valence-corrected chi connectivity index (χ1v) is 8.22. The van der Waals surface area contributed by atoms with Gasteiger partial charge in [-0.3, -0.25) is 9.59 Å². The van der Waals surface area contributed by atoms with Crippen LogP contribution in [0.1, 0.15) is 13.3 Å². The van der Waals surface area contributed by atoms with Crippen molar-refractivity contribution < 1.29 is 22.7 Å². The molecule has 1 atom stereocenters. The van der Waals surface area contributed by atoms with Crippen molar-refractivity contribution in [2.45, 2.75) is 18.6 Å². The third-order valence-electron chi connectivity index (χ3n) is 3.48. The van der Waals surface area contributed by atoms with Crippen LogP contribution in [0.4, 0.5) is 0 Å². The zero-order chi connectivity index (χ0) is 15.3. The quantitative estimate of drug-likeness (QED) is 0.614. The Hall–Kier alpha value is -1.15. The van der Waals surface area contributed by atoms with E-state index in [-0.39, 0.29) is 6.42 Å². The normalized spacial score (nSPS) is 18.6. The van der Waals surface area contributed by atoms with Gasteiger partial charge in [0, 0.05) is 26.2 Å². The lowest BCUT2D eigenvalue weighted by atomic mass is 10.3. The van der Waals surface area contributed by atoms with Crippen LogP contribution in [0.3, 0.4) is 0 Å². The minimum atomic E-state index is -3.63. The van der Waals surface area contributed by atoms with Gasteiger partial charge in [-0.2, -0.15) is 0 Å². The Kier molecular flexibility index (Phi) is 5.94. The number of likely N-dealkylation sites (N-methyl/N-ethyl adjacent to an activating group) is 1. The molecule has 1 aliphatic rings. The molecule has 1 amide bonds. The molecule has 0 aromatic rings. The Morgan fingerprint density at radius 3 is 2.25 bits per heavy atom. The molecule has 0 spiro atoms. The maximum absolute atomic E-state index is 12.0. The van der Waals surface area contributed by atoms with E-state index in [1.165, 1.54) is 14.0 Å². The van der Waals surface area contributed by atoms with Crippen molar-refractivity contribution in [3.63, 3.8) is 0 Å². The minimum Gasteiger partial charge on any atom is -0.469 e. The number of rotatable bonds is 5. The Balaban J connectivity index is 2.57. The van der Waals surface area contributed by atoms with Crippen LogP contribution < -0.4 is 0 Å². The van der Waals surface area contributed by atoms with Gasteiger partial charge in [0.1, 0.15) is 5.75 Å². The number of piperazine rings is 1. The lowest BCUT2D eigenvalue weighted by molar-refractivity contribution is -0.140. The molecule has 1 saturated heterocycles. The molecule has 0 aromatic heterocycles. The van der Waals surface area contributed by atoms with E-state index in [9.17, 15) is 18.0 Å². The van der Waals surface area contributed by atoms with Crippen LogP contribution in [0.2, 0.25) is 0 Å². The van der Waals surface area contributed by atoms with Gasteiger partial charge < -0.3 is 14.5 Å². The Labute approximate surface area is 119 Å². The predicted octanol–water partition coefficient (Wildman–Crippen LogP) is -0.873. The highest BCUT2D eigenvalue weighted by molar-refractivity contribution is 7.92. The summed E-state index contributed by atoms with van der Waals surface area (Å²) >= 11 is 0. The van der Waals surface area contributed by atoms with E-state index in [0.717, 1.165) is 13.1 Å². The molecule has 1 unspecified atom stereocenters. The summed E-state index contributed by atoms with van der Waals surface area (Å²) in [5.74, 6) is -1.53. The second-order valence-corrected chi connectivity index (χ2v) is 7.50. The largest absolute Gasteiger partial charge is 0.469 e. The van der Waals surface area contributed by atoms with Crippen molar-refractivity contribution >= 4 is 21.7 Å². The van der Waals surface area contributed by atoms with Crippen LogP contribution in [0.25, 0.3) is 0 Å². The van der Waals surface area contributed by atoms with Crippen molar-refractivity contribution in [2.24, 2.45) is 0 Å². The molecule has 1 heterocycles. The fourth-order valence-corrected chi connectivity index (χ4v) is 3.11. The maximum Gasteiger partial charge on any atom is 0.306 e. The molecule has 116 valence electrons. The Morgan fingerprint density at radius 1 is 1.20 bits per heavy atom. The fraction of sp³-hybridized carbons (Fsp3) is 0.833. The molecule has 1 fully saturated rings. The molecule has 0 aliphatic carbocycles. The molecule has 8 heteroatoms. The number of ether oxygens (including phenoxy) is 1. The van der Waals surface area contributed by atoms with Gasteiger partial charge in [0.25, 0.3) is 0 Å². The predicted molar refractivity (Wildman–Crippen MR) is 74.0 cm³/mol. The summed E-state index contributed by atoms with van der Waals surface area (Å²) in [5, 5.41) is -0.911. The van der Waals surface area contributed by atoms with Crippen molar-refractivity contribution in [3.8, 4) is 0 Å². The number of carbonyl (C=O) groups is 2. The first-order valence-electron chi connectivity index (χ1n) is 6.51.